The fourth-order valence-corrected chi connectivity index (χ4v) is 2.26. The van der Waals surface area contributed by atoms with Gasteiger partial charge in [-0.15, -0.1) is 0 Å². The Morgan fingerprint density at radius 3 is 2.27 bits per heavy atom. The van der Waals surface area contributed by atoms with E-state index in [1.165, 1.54) is 38.6 Å². The predicted molar refractivity (Wildman–Crippen MR) is 67.2 cm³/mol. The highest BCUT2D eigenvalue weighted by atomic mass is 15.0. The Hall–Kier alpha value is -0.0800. The molecule has 1 fully saturated rings. The maximum Gasteiger partial charge on any atom is 0.00970 e. The lowest BCUT2D eigenvalue weighted by molar-refractivity contribution is 0.414. The lowest BCUT2D eigenvalue weighted by atomic mass is 10.0. The number of rotatable bonds is 6. The van der Waals surface area contributed by atoms with Crippen LogP contribution in [0.1, 0.15) is 52.9 Å². The van der Waals surface area contributed by atoms with Gasteiger partial charge in [0.15, 0.2) is 0 Å². The average Bonchev–Trinajstić information content (AvgIpc) is 2.61. The van der Waals surface area contributed by atoms with Crippen LogP contribution in [0.3, 0.4) is 0 Å². The minimum atomic E-state index is 0.257. The molecular formula is C13H28N2. The van der Waals surface area contributed by atoms with Crippen LogP contribution in [0.2, 0.25) is 0 Å². The highest BCUT2D eigenvalue weighted by molar-refractivity contribution is 4.71. The number of nitrogens with one attached hydrogen (secondary N) is 2. The number of hydrogen-bond donors (Lipinski definition) is 2. The lowest BCUT2D eigenvalue weighted by Crippen LogP contribution is -2.40. The van der Waals surface area contributed by atoms with E-state index < -0.39 is 0 Å². The molecule has 0 aromatic carbocycles. The van der Waals surface area contributed by atoms with E-state index in [1.807, 2.05) is 0 Å². The van der Waals surface area contributed by atoms with E-state index in [2.05, 4.69) is 31.4 Å². The van der Waals surface area contributed by atoms with Gasteiger partial charge in [0.1, 0.15) is 0 Å². The van der Waals surface area contributed by atoms with Gasteiger partial charge in [-0.25, -0.2) is 0 Å². The second-order valence-corrected chi connectivity index (χ2v) is 5.87. The minimum Gasteiger partial charge on any atom is -0.315 e. The molecule has 0 aliphatic heterocycles. The molecule has 1 saturated carbocycles. The maximum atomic E-state index is 3.52. The van der Waals surface area contributed by atoms with Crippen molar-refractivity contribution in [3.8, 4) is 0 Å². The first-order valence-electron chi connectivity index (χ1n) is 6.54. The smallest absolute Gasteiger partial charge is 0.00970 e. The summed E-state index contributed by atoms with van der Waals surface area (Å²) in [5.41, 5.74) is 0.257. The zero-order valence-corrected chi connectivity index (χ0v) is 10.7. The van der Waals surface area contributed by atoms with Crippen LogP contribution in [0, 0.1) is 5.92 Å². The van der Waals surface area contributed by atoms with E-state index in [0.717, 1.165) is 19.0 Å². The summed E-state index contributed by atoms with van der Waals surface area (Å²) in [5, 5.41) is 7.01. The predicted octanol–water partition coefficient (Wildman–Crippen LogP) is 2.54. The van der Waals surface area contributed by atoms with Crippen LogP contribution in [-0.2, 0) is 0 Å². The van der Waals surface area contributed by atoms with Gasteiger partial charge in [0.25, 0.3) is 0 Å². The Kier molecular flexibility index (Phi) is 5.62. The molecule has 90 valence electrons. The second-order valence-electron chi connectivity index (χ2n) is 5.87. The van der Waals surface area contributed by atoms with Gasteiger partial charge >= 0.3 is 0 Å². The molecule has 1 aliphatic rings. The van der Waals surface area contributed by atoms with Gasteiger partial charge in [0, 0.05) is 18.6 Å². The van der Waals surface area contributed by atoms with E-state index in [-0.39, 0.29) is 5.54 Å². The molecule has 0 bridgehead atoms. The van der Waals surface area contributed by atoms with Gasteiger partial charge in [0.2, 0.25) is 0 Å². The molecule has 0 saturated heterocycles. The number of hydrogen-bond acceptors (Lipinski definition) is 2. The quantitative estimate of drug-likeness (QED) is 0.661. The topological polar surface area (TPSA) is 24.1 Å². The SMILES string of the molecule is CC(C)(C)NCCNCCC1CCCC1. The van der Waals surface area contributed by atoms with Crippen molar-refractivity contribution in [1.82, 2.24) is 10.6 Å². The molecule has 0 aromatic rings. The summed E-state index contributed by atoms with van der Waals surface area (Å²) >= 11 is 0. The van der Waals surface area contributed by atoms with Crippen LogP contribution in [-0.4, -0.2) is 25.2 Å². The third-order valence-electron chi connectivity index (χ3n) is 3.16. The van der Waals surface area contributed by atoms with Crippen LogP contribution in [0.25, 0.3) is 0 Å². The molecule has 2 N–H and O–H groups in total. The fraction of sp³-hybridized carbons (Fsp3) is 1.00. The van der Waals surface area contributed by atoms with Crippen molar-refractivity contribution < 1.29 is 0 Å². The first-order valence-corrected chi connectivity index (χ1v) is 6.54. The zero-order valence-electron chi connectivity index (χ0n) is 10.7. The largest absolute Gasteiger partial charge is 0.315 e. The minimum absolute atomic E-state index is 0.257. The highest BCUT2D eigenvalue weighted by Crippen LogP contribution is 2.26. The normalized spacial score (nSPS) is 18.6. The average molecular weight is 212 g/mol. The first-order chi connectivity index (χ1) is 7.08. The molecule has 1 aliphatic carbocycles. The van der Waals surface area contributed by atoms with Crippen molar-refractivity contribution in [2.45, 2.75) is 58.4 Å². The van der Waals surface area contributed by atoms with Crippen molar-refractivity contribution >= 4 is 0 Å². The summed E-state index contributed by atoms with van der Waals surface area (Å²) in [7, 11) is 0. The molecule has 0 amide bonds. The molecule has 0 atom stereocenters. The van der Waals surface area contributed by atoms with E-state index in [9.17, 15) is 0 Å². The van der Waals surface area contributed by atoms with Crippen LogP contribution in [0.15, 0.2) is 0 Å². The molecule has 2 heteroatoms. The molecule has 0 heterocycles. The van der Waals surface area contributed by atoms with Crippen molar-refractivity contribution in [2.24, 2.45) is 5.92 Å². The van der Waals surface area contributed by atoms with Crippen LogP contribution in [0.4, 0.5) is 0 Å². The Balaban J connectivity index is 1.84. The standard InChI is InChI=1S/C13H28N2/c1-13(2,3)15-11-10-14-9-8-12-6-4-5-7-12/h12,14-15H,4-11H2,1-3H3. The molecular weight excluding hydrogens is 184 g/mol. The molecule has 2 nitrogen and oxygen atoms in total. The fourth-order valence-electron chi connectivity index (χ4n) is 2.26. The van der Waals surface area contributed by atoms with E-state index >= 15 is 0 Å². The molecule has 0 radical (unpaired) electrons. The van der Waals surface area contributed by atoms with Gasteiger partial charge in [0.05, 0.1) is 0 Å². The van der Waals surface area contributed by atoms with Crippen molar-refractivity contribution in [1.29, 1.82) is 0 Å². The summed E-state index contributed by atoms with van der Waals surface area (Å²) in [4.78, 5) is 0. The summed E-state index contributed by atoms with van der Waals surface area (Å²) in [6.45, 7) is 10.0. The summed E-state index contributed by atoms with van der Waals surface area (Å²) in [5.74, 6) is 1.02. The molecule has 0 unspecified atom stereocenters. The Morgan fingerprint density at radius 1 is 1.00 bits per heavy atom. The van der Waals surface area contributed by atoms with Gasteiger partial charge < -0.3 is 10.6 Å². The van der Waals surface area contributed by atoms with Crippen LogP contribution < -0.4 is 10.6 Å². The van der Waals surface area contributed by atoms with Crippen LogP contribution >= 0.6 is 0 Å². The van der Waals surface area contributed by atoms with E-state index in [4.69, 9.17) is 0 Å². The third kappa shape index (κ3) is 6.91. The van der Waals surface area contributed by atoms with Crippen molar-refractivity contribution in [3.63, 3.8) is 0 Å². The molecule has 0 spiro atoms. The Bertz CT molecular complexity index is 154. The Labute approximate surface area is 95.2 Å². The Morgan fingerprint density at radius 2 is 1.67 bits per heavy atom. The van der Waals surface area contributed by atoms with Crippen LogP contribution in [0.5, 0.6) is 0 Å². The maximum absolute atomic E-state index is 3.52. The summed E-state index contributed by atoms with van der Waals surface area (Å²) in [6.07, 6.45) is 7.27. The summed E-state index contributed by atoms with van der Waals surface area (Å²) < 4.78 is 0. The van der Waals surface area contributed by atoms with E-state index in [1.54, 1.807) is 0 Å². The third-order valence-corrected chi connectivity index (χ3v) is 3.16. The molecule has 1 rings (SSSR count). The highest BCUT2D eigenvalue weighted by Gasteiger charge is 2.13. The lowest BCUT2D eigenvalue weighted by Gasteiger charge is -2.20. The van der Waals surface area contributed by atoms with Crippen molar-refractivity contribution in [3.05, 3.63) is 0 Å². The zero-order chi connectivity index (χ0) is 11.1. The molecule has 0 aromatic heterocycles. The molecule has 15 heavy (non-hydrogen) atoms. The van der Waals surface area contributed by atoms with Crippen molar-refractivity contribution in [2.75, 3.05) is 19.6 Å². The van der Waals surface area contributed by atoms with Gasteiger partial charge in [-0.05, 0) is 39.7 Å². The first kappa shape index (κ1) is 13.0. The van der Waals surface area contributed by atoms with Gasteiger partial charge in [-0.1, -0.05) is 25.7 Å². The monoisotopic (exact) mass is 212 g/mol. The second kappa shape index (κ2) is 6.49. The summed E-state index contributed by atoms with van der Waals surface area (Å²) in [6, 6.07) is 0. The van der Waals surface area contributed by atoms with E-state index in [0.29, 0.717) is 0 Å². The van der Waals surface area contributed by atoms with Gasteiger partial charge in [-0.2, -0.15) is 0 Å². The van der Waals surface area contributed by atoms with Gasteiger partial charge in [-0.3, -0.25) is 0 Å².